The minimum absolute atomic E-state index is 0.0794. The van der Waals surface area contributed by atoms with Gasteiger partial charge in [0.1, 0.15) is 0 Å². The lowest BCUT2D eigenvalue weighted by atomic mass is 10.2. The second-order valence-corrected chi connectivity index (χ2v) is 7.43. The van der Waals surface area contributed by atoms with Gasteiger partial charge in [-0.3, -0.25) is 14.7 Å². The maximum Gasteiger partial charge on any atom is 0.223 e. The Kier molecular flexibility index (Phi) is 5.11. The molecule has 1 saturated heterocycles. The minimum Gasteiger partial charge on any atom is -0.381 e. The molecular weight excluding hydrogens is 322 g/mol. The Morgan fingerprint density at radius 2 is 2.12 bits per heavy atom. The van der Waals surface area contributed by atoms with Crippen LogP contribution in [0.4, 0.5) is 10.8 Å². The molecule has 0 radical (unpaired) electrons. The SMILES string of the molecule is CC(=O)Nc1ncc(CN2CC[C@@H](Nc3cc(C)nc(C)c3)C2)s1. The molecule has 128 valence electrons. The Balaban J connectivity index is 1.53. The fourth-order valence-electron chi connectivity index (χ4n) is 3.06. The van der Waals surface area contributed by atoms with Crippen molar-refractivity contribution >= 4 is 28.1 Å². The summed E-state index contributed by atoms with van der Waals surface area (Å²) in [6.45, 7) is 8.50. The number of thiazole rings is 1. The number of anilines is 2. The number of aromatic nitrogens is 2. The van der Waals surface area contributed by atoms with Gasteiger partial charge in [0, 0.05) is 60.7 Å². The number of amides is 1. The Bertz CT molecular complexity index is 709. The zero-order valence-electron chi connectivity index (χ0n) is 14.3. The van der Waals surface area contributed by atoms with Crippen LogP contribution in [-0.4, -0.2) is 39.9 Å². The van der Waals surface area contributed by atoms with E-state index in [2.05, 4.69) is 37.6 Å². The first-order valence-corrected chi connectivity index (χ1v) is 8.96. The first kappa shape index (κ1) is 16.9. The predicted molar refractivity (Wildman–Crippen MR) is 97.4 cm³/mol. The molecule has 2 aromatic heterocycles. The van der Waals surface area contributed by atoms with E-state index in [1.165, 1.54) is 11.8 Å². The van der Waals surface area contributed by atoms with E-state index in [1.807, 2.05) is 20.0 Å². The molecule has 1 amide bonds. The van der Waals surface area contributed by atoms with Gasteiger partial charge in [0.15, 0.2) is 5.13 Å². The second-order valence-electron chi connectivity index (χ2n) is 6.32. The fourth-order valence-corrected chi connectivity index (χ4v) is 3.96. The highest BCUT2D eigenvalue weighted by Gasteiger charge is 2.23. The summed E-state index contributed by atoms with van der Waals surface area (Å²) < 4.78 is 0. The first-order chi connectivity index (χ1) is 11.5. The summed E-state index contributed by atoms with van der Waals surface area (Å²) in [5.41, 5.74) is 3.24. The number of carbonyl (C=O) groups excluding carboxylic acids is 1. The molecule has 2 aromatic rings. The summed E-state index contributed by atoms with van der Waals surface area (Å²) in [5, 5.41) is 7.03. The molecule has 24 heavy (non-hydrogen) atoms. The molecule has 0 aliphatic carbocycles. The van der Waals surface area contributed by atoms with Crippen LogP contribution in [-0.2, 0) is 11.3 Å². The highest BCUT2D eigenvalue weighted by atomic mass is 32.1. The van der Waals surface area contributed by atoms with Crippen molar-refractivity contribution in [1.29, 1.82) is 0 Å². The molecule has 0 spiro atoms. The quantitative estimate of drug-likeness (QED) is 0.872. The Morgan fingerprint density at radius 3 is 2.83 bits per heavy atom. The van der Waals surface area contributed by atoms with Gasteiger partial charge >= 0.3 is 0 Å². The highest BCUT2D eigenvalue weighted by Crippen LogP contribution is 2.23. The van der Waals surface area contributed by atoms with Crippen molar-refractivity contribution in [1.82, 2.24) is 14.9 Å². The van der Waals surface area contributed by atoms with Crippen molar-refractivity contribution < 1.29 is 4.79 Å². The summed E-state index contributed by atoms with van der Waals surface area (Å²) in [4.78, 5) is 23.3. The number of rotatable bonds is 5. The van der Waals surface area contributed by atoms with Crippen molar-refractivity contribution in [2.24, 2.45) is 0 Å². The molecular formula is C17H23N5OS. The topological polar surface area (TPSA) is 70.2 Å². The van der Waals surface area contributed by atoms with Crippen molar-refractivity contribution in [3.63, 3.8) is 0 Å². The summed E-state index contributed by atoms with van der Waals surface area (Å²) >= 11 is 1.54. The Hall–Kier alpha value is -1.99. The highest BCUT2D eigenvalue weighted by molar-refractivity contribution is 7.15. The Labute approximate surface area is 146 Å². The van der Waals surface area contributed by atoms with E-state index in [1.54, 1.807) is 11.3 Å². The molecule has 1 atom stereocenters. The van der Waals surface area contributed by atoms with Gasteiger partial charge in [-0.25, -0.2) is 4.98 Å². The van der Waals surface area contributed by atoms with Gasteiger partial charge in [-0.05, 0) is 32.4 Å². The average molecular weight is 345 g/mol. The third-order valence-electron chi connectivity index (χ3n) is 3.94. The van der Waals surface area contributed by atoms with Crippen LogP contribution in [0.5, 0.6) is 0 Å². The lowest BCUT2D eigenvalue weighted by Crippen LogP contribution is -2.25. The van der Waals surface area contributed by atoms with Crippen LogP contribution in [0.2, 0.25) is 0 Å². The average Bonchev–Trinajstić information content (AvgIpc) is 3.07. The van der Waals surface area contributed by atoms with Crippen LogP contribution >= 0.6 is 11.3 Å². The number of pyridine rings is 1. The van der Waals surface area contributed by atoms with Crippen LogP contribution in [0.15, 0.2) is 18.3 Å². The van der Waals surface area contributed by atoms with Gasteiger partial charge in [0.2, 0.25) is 5.91 Å². The zero-order chi connectivity index (χ0) is 17.1. The number of nitrogens with zero attached hydrogens (tertiary/aromatic N) is 3. The fraction of sp³-hybridized carbons (Fsp3) is 0.471. The molecule has 1 aliphatic heterocycles. The van der Waals surface area contributed by atoms with Crippen LogP contribution in [0.3, 0.4) is 0 Å². The van der Waals surface area contributed by atoms with Crippen LogP contribution in [0, 0.1) is 13.8 Å². The largest absolute Gasteiger partial charge is 0.381 e. The molecule has 0 saturated carbocycles. The maximum absolute atomic E-state index is 11.1. The molecule has 1 fully saturated rings. The summed E-state index contributed by atoms with van der Waals surface area (Å²) in [7, 11) is 0. The number of nitrogens with one attached hydrogen (secondary N) is 2. The van der Waals surface area contributed by atoms with Crippen LogP contribution < -0.4 is 10.6 Å². The van der Waals surface area contributed by atoms with Crippen molar-refractivity contribution in [3.8, 4) is 0 Å². The predicted octanol–water partition coefficient (Wildman–Crippen LogP) is 2.80. The van der Waals surface area contributed by atoms with E-state index in [9.17, 15) is 4.79 Å². The summed E-state index contributed by atoms with van der Waals surface area (Å²) in [5.74, 6) is -0.0794. The molecule has 7 heteroatoms. The lowest BCUT2D eigenvalue weighted by molar-refractivity contribution is -0.114. The van der Waals surface area contributed by atoms with Crippen LogP contribution in [0.1, 0.15) is 29.6 Å². The van der Waals surface area contributed by atoms with Gasteiger partial charge in [-0.15, -0.1) is 11.3 Å². The normalized spacial score (nSPS) is 17.9. The van der Waals surface area contributed by atoms with E-state index in [0.717, 1.165) is 43.1 Å². The van der Waals surface area contributed by atoms with Gasteiger partial charge in [0.25, 0.3) is 0 Å². The van der Waals surface area contributed by atoms with Gasteiger partial charge in [-0.2, -0.15) is 0 Å². The van der Waals surface area contributed by atoms with Crippen molar-refractivity contribution in [2.75, 3.05) is 23.7 Å². The number of likely N-dealkylation sites (tertiary alicyclic amines) is 1. The second kappa shape index (κ2) is 7.27. The summed E-state index contributed by atoms with van der Waals surface area (Å²) in [6.07, 6.45) is 2.98. The number of hydrogen-bond acceptors (Lipinski definition) is 6. The maximum atomic E-state index is 11.1. The van der Waals surface area contributed by atoms with E-state index < -0.39 is 0 Å². The minimum atomic E-state index is -0.0794. The van der Waals surface area contributed by atoms with Crippen molar-refractivity contribution in [2.45, 2.75) is 39.8 Å². The number of aryl methyl sites for hydroxylation is 2. The third-order valence-corrected chi connectivity index (χ3v) is 4.84. The van der Waals surface area contributed by atoms with E-state index in [4.69, 9.17) is 0 Å². The molecule has 0 unspecified atom stereocenters. The molecule has 3 heterocycles. The van der Waals surface area contributed by atoms with E-state index in [0.29, 0.717) is 11.2 Å². The number of carbonyl (C=O) groups is 1. The number of hydrogen-bond donors (Lipinski definition) is 2. The van der Waals surface area contributed by atoms with E-state index in [-0.39, 0.29) is 5.91 Å². The molecule has 2 N–H and O–H groups in total. The smallest absolute Gasteiger partial charge is 0.223 e. The summed E-state index contributed by atoms with van der Waals surface area (Å²) in [6, 6.07) is 4.64. The molecule has 1 aliphatic rings. The zero-order valence-corrected chi connectivity index (χ0v) is 15.1. The molecule has 0 bridgehead atoms. The molecule has 0 aromatic carbocycles. The molecule has 6 nitrogen and oxygen atoms in total. The standard InChI is InChI=1S/C17H23N5OS/c1-11-6-15(7-12(2)19-11)21-14-4-5-22(9-14)10-16-8-18-17(24-16)20-13(3)23/h6-8,14H,4-5,9-10H2,1-3H3,(H,19,21)(H,18,20,23)/t14-/m1/s1. The third kappa shape index (κ3) is 4.52. The molecule has 3 rings (SSSR count). The van der Waals surface area contributed by atoms with Gasteiger partial charge in [0.05, 0.1) is 0 Å². The van der Waals surface area contributed by atoms with Gasteiger partial charge in [-0.1, -0.05) is 0 Å². The first-order valence-electron chi connectivity index (χ1n) is 8.14. The van der Waals surface area contributed by atoms with Crippen LogP contribution in [0.25, 0.3) is 0 Å². The van der Waals surface area contributed by atoms with Gasteiger partial charge < -0.3 is 10.6 Å². The lowest BCUT2D eigenvalue weighted by Gasteiger charge is -2.17. The Morgan fingerprint density at radius 1 is 1.38 bits per heavy atom. The van der Waals surface area contributed by atoms with E-state index >= 15 is 0 Å². The van der Waals surface area contributed by atoms with Crippen molar-refractivity contribution in [3.05, 3.63) is 34.6 Å². The monoisotopic (exact) mass is 345 g/mol.